The summed E-state index contributed by atoms with van der Waals surface area (Å²) in [6, 6.07) is 0. The highest BCUT2D eigenvalue weighted by atomic mass is 19.3. The number of alkyl halides is 2. The van der Waals surface area contributed by atoms with Crippen LogP contribution in [0.4, 0.5) is 8.78 Å². The minimum absolute atomic E-state index is 0.0621. The molecule has 0 aliphatic carbocycles. The number of hydrogen-bond donors (Lipinski definition) is 1. The van der Waals surface area contributed by atoms with Gasteiger partial charge in [0.1, 0.15) is 12.7 Å². The monoisotopic (exact) mass is 292 g/mol. The molecule has 2 rings (SSSR count). The molecule has 112 valence electrons. The second-order valence-corrected chi connectivity index (χ2v) is 4.29. The third kappa shape index (κ3) is 3.94. The van der Waals surface area contributed by atoms with E-state index in [1.54, 1.807) is 0 Å². The SMILES string of the molecule is O=C(O)C1CCC(c2nc(CCOCC(F)F)no2)O1. The van der Waals surface area contributed by atoms with Gasteiger partial charge in [-0.05, 0) is 12.8 Å². The van der Waals surface area contributed by atoms with Crippen LogP contribution in [0, 0.1) is 0 Å². The zero-order valence-electron chi connectivity index (χ0n) is 10.5. The lowest BCUT2D eigenvalue weighted by molar-refractivity contribution is -0.150. The van der Waals surface area contributed by atoms with Crippen LogP contribution in [0.1, 0.15) is 30.7 Å². The number of halogens is 2. The Bertz CT molecular complexity index is 454. The number of rotatable bonds is 7. The third-order valence-electron chi connectivity index (χ3n) is 2.77. The van der Waals surface area contributed by atoms with Crippen LogP contribution in [-0.2, 0) is 20.7 Å². The van der Waals surface area contributed by atoms with Crippen LogP contribution in [0.5, 0.6) is 0 Å². The number of aliphatic carboxylic acids is 1. The highest BCUT2D eigenvalue weighted by Gasteiger charge is 2.34. The van der Waals surface area contributed by atoms with Gasteiger partial charge < -0.3 is 19.1 Å². The normalized spacial score (nSPS) is 22.6. The fourth-order valence-corrected chi connectivity index (χ4v) is 1.84. The molecule has 1 saturated heterocycles. The third-order valence-corrected chi connectivity index (χ3v) is 2.77. The molecule has 0 spiro atoms. The predicted octanol–water partition coefficient (Wildman–Crippen LogP) is 1.20. The van der Waals surface area contributed by atoms with Gasteiger partial charge in [-0.15, -0.1) is 0 Å². The van der Waals surface area contributed by atoms with E-state index in [9.17, 15) is 13.6 Å². The van der Waals surface area contributed by atoms with Crippen LogP contribution in [0.25, 0.3) is 0 Å². The Hall–Kier alpha value is -1.61. The van der Waals surface area contributed by atoms with E-state index in [1.807, 2.05) is 0 Å². The van der Waals surface area contributed by atoms with Gasteiger partial charge in [0.2, 0.25) is 0 Å². The van der Waals surface area contributed by atoms with E-state index in [1.165, 1.54) is 0 Å². The Morgan fingerprint density at radius 2 is 2.30 bits per heavy atom. The second-order valence-electron chi connectivity index (χ2n) is 4.29. The maximum absolute atomic E-state index is 11.8. The highest BCUT2D eigenvalue weighted by molar-refractivity contribution is 5.72. The molecule has 20 heavy (non-hydrogen) atoms. The van der Waals surface area contributed by atoms with E-state index in [2.05, 4.69) is 10.1 Å². The summed E-state index contributed by atoms with van der Waals surface area (Å²) in [5.41, 5.74) is 0. The van der Waals surface area contributed by atoms with E-state index < -0.39 is 31.2 Å². The molecule has 1 fully saturated rings. The van der Waals surface area contributed by atoms with Crippen molar-refractivity contribution in [2.75, 3.05) is 13.2 Å². The largest absolute Gasteiger partial charge is 0.479 e. The summed E-state index contributed by atoms with van der Waals surface area (Å²) in [7, 11) is 0. The molecule has 1 aliphatic heterocycles. The van der Waals surface area contributed by atoms with Gasteiger partial charge in [0.25, 0.3) is 12.3 Å². The number of carboxylic acids is 1. The van der Waals surface area contributed by atoms with Crippen molar-refractivity contribution in [3.8, 4) is 0 Å². The van der Waals surface area contributed by atoms with Crippen LogP contribution in [0.15, 0.2) is 4.52 Å². The number of hydrogen-bond acceptors (Lipinski definition) is 6. The number of carboxylic acid groups (broad SMARTS) is 1. The Morgan fingerprint density at radius 1 is 1.50 bits per heavy atom. The summed E-state index contributed by atoms with van der Waals surface area (Å²) in [4.78, 5) is 14.8. The van der Waals surface area contributed by atoms with E-state index in [4.69, 9.17) is 19.1 Å². The molecule has 1 aromatic rings. The Balaban J connectivity index is 1.79. The van der Waals surface area contributed by atoms with Crippen LogP contribution in [0.2, 0.25) is 0 Å². The van der Waals surface area contributed by atoms with E-state index >= 15 is 0 Å². The Kier molecular flexibility index (Phi) is 4.96. The number of ether oxygens (including phenoxy) is 2. The highest BCUT2D eigenvalue weighted by Crippen LogP contribution is 2.31. The molecule has 1 aliphatic rings. The van der Waals surface area contributed by atoms with Crippen LogP contribution >= 0.6 is 0 Å². The predicted molar refractivity (Wildman–Crippen MR) is 59.3 cm³/mol. The maximum atomic E-state index is 11.8. The first-order valence-electron chi connectivity index (χ1n) is 6.13. The van der Waals surface area contributed by atoms with Crippen molar-refractivity contribution in [1.82, 2.24) is 10.1 Å². The van der Waals surface area contributed by atoms with Crippen molar-refractivity contribution in [2.45, 2.75) is 37.9 Å². The van der Waals surface area contributed by atoms with Crippen molar-refractivity contribution in [3.63, 3.8) is 0 Å². The second kappa shape index (κ2) is 6.71. The van der Waals surface area contributed by atoms with Crippen molar-refractivity contribution in [3.05, 3.63) is 11.7 Å². The average molecular weight is 292 g/mol. The van der Waals surface area contributed by atoms with Crippen LogP contribution in [-0.4, -0.2) is 47.0 Å². The molecule has 2 heterocycles. The van der Waals surface area contributed by atoms with Crippen molar-refractivity contribution in [1.29, 1.82) is 0 Å². The summed E-state index contributed by atoms with van der Waals surface area (Å²) in [5, 5.41) is 12.5. The van der Waals surface area contributed by atoms with Gasteiger partial charge in [0.15, 0.2) is 11.9 Å². The standard InChI is InChI=1S/C11H14F2N2O5/c12-8(13)5-18-4-3-9-14-10(20-15-9)6-1-2-7(19-6)11(16)17/h6-8H,1-5H2,(H,16,17). The summed E-state index contributed by atoms with van der Waals surface area (Å²) < 4.78 is 38.6. The lowest BCUT2D eigenvalue weighted by atomic mass is 10.2. The van der Waals surface area contributed by atoms with Gasteiger partial charge in [-0.25, -0.2) is 13.6 Å². The fourth-order valence-electron chi connectivity index (χ4n) is 1.84. The first kappa shape index (κ1) is 14.8. The topological polar surface area (TPSA) is 94.7 Å². The van der Waals surface area contributed by atoms with Crippen LogP contribution in [0.3, 0.4) is 0 Å². The van der Waals surface area contributed by atoms with E-state index in [0.29, 0.717) is 18.7 Å². The molecular formula is C11H14F2N2O5. The van der Waals surface area contributed by atoms with Gasteiger partial charge in [-0.3, -0.25) is 0 Å². The molecule has 0 radical (unpaired) electrons. The molecule has 2 atom stereocenters. The van der Waals surface area contributed by atoms with Crippen molar-refractivity contribution >= 4 is 5.97 Å². The molecule has 9 heteroatoms. The molecule has 0 aromatic carbocycles. The Morgan fingerprint density at radius 3 is 2.95 bits per heavy atom. The van der Waals surface area contributed by atoms with E-state index in [0.717, 1.165) is 0 Å². The quantitative estimate of drug-likeness (QED) is 0.754. The molecule has 1 aromatic heterocycles. The lowest BCUT2D eigenvalue weighted by Gasteiger charge is -2.05. The summed E-state index contributed by atoms with van der Waals surface area (Å²) in [6.07, 6.45) is -2.78. The molecule has 0 bridgehead atoms. The van der Waals surface area contributed by atoms with Gasteiger partial charge in [-0.1, -0.05) is 5.16 Å². The summed E-state index contributed by atoms with van der Waals surface area (Å²) in [6.45, 7) is -0.566. The van der Waals surface area contributed by atoms with Crippen molar-refractivity contribution < 1.29 is 32.7 Å². The minimum atomic E-state index is -2.50. The first-order chi connectivity index (χ1) is 9.56. The maximum Gasteiger partial charge on any atom is 0.332 e. The molecule has 2 unspecified atom stereocenters. The average Bonchev–Trinajstić information content (AvgIpc) is 3.03. The Labute approximate surface area is 112 Å². The lowest BCUT2D eigenvalue weighted by Crippen LogP contribution is -2.18. The van der Waals surface area contributed by atoms with Crippen LogP contribution < -0.4 is 0 Å². The van der Waals surface area contributed by atoms with E-state index in [-0.39, 0.29) is 18.9 Å². The summed E-state index contributed by atoms with van der Waals surface area (Å²) >= 11 is 0. The zero-order chi connectivity index (χ0) is 14.5. The van der Waals surface area contributed by atoms with Gasteiger partial charge in [0.05, 0.1) is 6.61 Å². The number of carbonyl (C=O) groups is 1. The molecular weight excluding hydrogens is 278 g/mol. The number of aromatic nitrogens is 2. The smallest absolute Gasteiger partial charge is 0.332 e. The first-order valence-corrected chi connectivity index (χ1v) is 6.13. The zero-order valence-corrected chi connectivity index (χ0v) is 10.5. The molecule has 1 N–H and O–H groups in total. The van der Waals surface area contributed by atoms with Gasteiger partial charge in [-0.2, -0.15) is 4.98 Å². The molecule has 7 nitrogen and oxygen atoms in total. The summed E-state index contributed by atoms with van der Waals surface area (Å²) in [5.74, 6) is -0.498. The number of nitrogens with zero attached hydrogens (tertiary/aromatic N) is 2. The van der Waals surface area contributed by atoms with Gasteiger partial charge >= 0.3 is 5.97 Å². The minimum Gasteiger partial charge on any atom is -0.479 e. The van der Waals surface area contributed by atoms with Crippen molar-refractivity contribution in [2.24, 2.45) is 0 Å². The van der Waals surface area contributed by atoms with Gasteiger partial charge in [0, 0.05) is 6.42 Å². The molecule has 0 saturated carbocycles. The molecule has 0 amide bonds. The fraction of sp³-hybridized carbons (Fsp3) is 0.727.